The van der Waals surface area contributed by atoms with E-state index in [9.17, 15) is 0 Å². The highest BCUT2D eigenvalue weighted by Gasteiger charge is 2.20. The zero-order valence-electron chi connectivity index (χ0n) is 17.0. The highest BCUT2D eigenvalue weighted by molar-refractivity contribution is 5.80. The Bertz CT molecular complexity index is 562. The molecule has 1 aromatic heterocycles. The van der Waals surface area contributed by atoms with Crippen molar-refractivity contribution in [2.45, 2.75) is 46.2 Å². The van der Waals surface area contributed by atoms with E-state index in [4.69, 9.17) is 9.73 Å². The average molecular weight is 366 g/mol. The third kappa shape index (κ3) is 6.57. The Labute approximate surface area is 157 Å². The lowest BCUT2D eigenvalue weighted by atomic mass is 10.0. The quantitative estimate of drug-likeness (QED) is 0.405. The van der Waals surface area contributed by atoms with Crippen LogP contribution in [0, 0.1) is 12.8 Å². The van der Waals surface area contributed by atoms with E-state index in [-0.39, 0.29) is 0 Å². The minimum Gasteiger partial charge on any atom is -0.383 e. The molecule has 1 aromatic rings. The molecule has 0 atom stereocenters. The second kappa shape index (κ2) is 10.5. The van der Waals surface area contributed by atoms with Gasteiger partial charge in [-0.3, -0.25) is 0 Å². The molecule has 148 valence electrons. The lowest BCUT2D eigenvalue weighted by molar-refractivity contribution is 0.186. The van der Waals surface area contributed by atoms with Gasteiger partial charge in [0.1, 0.15) is 12.4 Å². The molecule has 1 aliphatic rings. The summed E-state index contributed by atoms with van der Waals surface area (Å²) in [6.07, 6.45) is 2.28. The summed E-state index contributed by atoms with van der Waals surface area (Å²) in [4.78, 5) is 7.26. The van der Waals surface area contributed by atoms with Crippen molar-refractivity contribution in [3.63, 3.8) is 0 Å². The molecular formula is C18H35N7O. The van der Waals surface area contributed by atoms with E-state index in [0.29, 0.717) is 19.2 Å². The number of hydrogen-bond donors (Lipinski definition) is 2. The van der Waals surface area contributed by atoms with E-state index in [2.05, 4.69) is 39.6 Å². The van der Waals surface area contributed by atoms with E-state index in [0.717, 1.165) is 56.0 Å². The first-order valence-electron chi connectivity index (χ1n) is 9.60. The van der Waals surface area contributed by atoms with E-state index in [1.165, 1.54) is 6.54 Å². The van der Waals surface area contributed by atoms with Crippen molar-refractivity contribution in [3.05, 3.63) is 11.6 Å². The van der Waals surface area contributed by atoms with Gasteiger partial charge in [-0.1, -0.05) is 13.8 Å². The maximum absolute atomic E-state index is 5.14. The molecule has 0 radical (unpaired) electrons. The Morgan fingerprint density at radius 1 is 1.31 bits per heavy atom. The highest BCUT2D eigenvalue weighted by Crippen LogP contribution is 2.12. The first kappa shape index (κ1) is 20.6. The van der Waals surface area contributed by atoms with E-state index < -0.39 is 0 Å². The van der Waals surface area contributed by atoms with Gasteiger partial charge in [-0.15, -0.1) is 10.2 Å². The highest BCUT2D eigenvalue weighted by atomic mass is 16.5. The molecule has 0 spiro atoms. The van der Waals surface area contributed by atoms with Gasteiger partial charge in [0, 0.05) is 46.4 Å². The summed E-state index contributed by atoms with van der Waals surface area (Å²) in [6.45, 7) is 11.9. The van der Waals surface area contributed by atoms with Crippen LogP contribution in [0.15, 0.2) is 4.99 Å². The number of methoxy groups -OCH3 is 1. The number of nitrogens with one attached hydrogen (secondary N) is 2. The number of piperidine rings is 1. The van der Waals surface area contributed by atoms with Crippen molar-refractivity contribution in [2.24, 2.45) is 18.0 Å². The van der Waals surface area contributed by atoms with Crippen LogP contribution in [0.4, 0.5) is 0 Å². The number of guanidine groups is 1. The normalized spacial score (nSPS) is 17.1. The number of aryl methyl sites for hydroxylation is 1. The molecule has 1 saturated heterocycles. The summed E-state index contributed by atoms with van der Waals surface area (Å²) in [6, 6.07) is 0.452. The number of hydrogen-bond acceptors (Lipinski definition) is 5. The lowest BCUT2D eigenvalue weighted by Gasteiger charge is -2.34. The Hall–Kier alpha value is -1.67. The number of rotatable bonds is 8. The molecule has 0 bridgehead atoms. The summed E-state index contributed by atoms with van der Waals surface area (Å²) in [5.41, 5.74) is 0. The third-order valence-electron chi connectivity index (χ3n) is 4.71. The fourth-order valence-corrected chi connectivity index (χ4v) is 3.13. The minimum absolute atomic E-state index is 0.452. The maximum Gasteiger partial charge on any atom is 0.192 e. The standard InChI is InChI=1S/C18H35N7O/c1-14(2)13-25-9-6-16(7-10-25)21-18(19-8-11-26-5)20-12-17-23-22-15(3)24(17)4/h14,16H,6-13H2,1-5H3,(H2,19,20,21). The second-order valence-corrected chi connectivity index (χ2v) is 7.42. The van der Waals surface area contributed by atoms with Gasteiger partial charge < -0.3 is 24.8 Å². The number of ether oxygens (including phenoxy) is 1. The first-order chi connectivity index (χ1) is 12.5. The van der Waals surface area contributed by atoms with Crippen molar-refractivity contribution in [1.29, 1.82) is 0 Å². The minimum atomic E-state index is 0.452. The van der Waals surface area contributed by atoms with Gasteiger partial charge in [0.15, 0.2) is 11.8 Å². The topological polar surface area (TPSA) is 79.6 Å². The van der Waals surface area contributed by atoms with Crippen molar-refractivity contribution in [2.75, 3.05) is 39.9 Å². The predicted molar refractivity (Wildman–Crippen MR) is 104 cm³/mol. The molecule has 0 saturated carbocycles. The smallest absolute Gasteiger partial charge is 0.192 e. The second-order valence-electron chi connectivity index (χ2n) is 7.42. The molecule has 2 rings (SSSR count). The van der Waals surface area contributed by atoms with Gasteiger partial charge in [0.2, 0.25) is 0 Å². The van der Waals surface area contributed by atoms with Crippen LogP contribution in [0.2, 0.25) is 0 Å². The van der Waals surface area contributed by atoms with Crippen LogP contribution >= 0.6 is 0 Å². The predicted octanol–water partition coefficient (Wildman–Crippen LogP) is 0.926. The number of aromatic nitrogens is 3. The summed E-state index contributed by atoms with van der Waals surface area (Å²) in [5, 5.41) is 15.2. The number of aliphatic imine (C=N–C) groups is 1. The molecular weight excluding hydrogens is 330 g/mol. The van der Waals surface area contributed by atoms with Crippen LogP contribution in [-0.4, -0.2) is 71.6 Å². The molecule has 0 aromatic carbocycles. The summed E-state index contributed by atoms with van der Waals surface area (Å²) in [7, 11) is 3.68. The molecule has 0 aliphatic carbocycles. The fraction of sp³-hybridized carbons (Fsp3) is 0.833. The van der Waals surface area contributed by atoms with E-state index in [1.807, 2.05) is 18.5 Å². The molecule has 0 unspecified atom stereocenters. The summed E-state index contributed by atoms with van der Waals surface area (Å²) in [5.74, 6) is 3.31. The Morgan fingerprint density at radius 2 is 2.04 bits per heavy atom. The van der Waals surface area contributed by atoms with Gasteiger partial charge in [0.25, 0.3) is 0 Å². The van der Waals surface area contributed by atoms with Crippen molar-refractivity contribution < 1.29 is 4.74 Å². The molecule has 0 amide bonds. The van der Waals surface area contributed by atoms with Crippen LogP contribution in [0.25, 0.3) is 0 Å². The SMILES string of the molecule is COCCNC(=NCc1nnc(C)n1C)NC1CCN(CC(C)C)CC1. The molecule has 2 heterocycles. The first-order valence-corrected chi connectivity index (χ1v) is 9.60. The Kier molecular flexibility index (Phi) is 8.31. The van der Waals surface area contributed by atoms with Crippen LogP contribution in [-0.2, 0) is 18.3 Å². The maximum atomic E-state index is 5.14. The average Bonchev–Trinajstić information content (AvgIpc) is 2.93. The molecule has 26 heavy (non-hydrogen) atoms. The molecule has 2 N–H and O–H groups in total. The lowest BCUT2D eigenvalue weighted by Crippen LogP contribution is -2.49. The summed E-state index contributed by atoms with van der Waals surface area (Å²) >= 11 is 0. The van der Waals surface area contributed by atoms with Gasteiger partial charge in [-0.2, -0.15) is 0 Å². The molecule has 8 heteroatoms. The van der Waals surface area contributed by atoms with Crippen LogP contribution < -0.4 is 10.6 Å². The molecule has 8 nitrogen and oxygen atoms in total. The van der Waals surface area contributed by atoms with Crippen molar-refractivity contribution in [3.8, 4) is 0 Å². The third-order valence-corrected chi connectivity index (χ3v) is 4.71. The largest absolute Gasteiger partial charge is 0.383 e. The van der Waals surface area contributed by atoms with Crippen LogP contribution in [0.3, 0.4) is 0 Å². The van der Waals surface area contributed by atoms with Gasteiger partial charge >= 0.3 is 0 Å². The van der Waals surface area contributed by atoms with Gasteiger partial charge in [0.05, 0.1) is 6.61 Å². The number of likely N-dealkylation sites (tertiary alicyclic amines) is 1. The Morgan fingerprint density at radius 3 is 2.62 bits per heavy atom. The zero-order valence-corrected chi connectivity index (χ0v) is 17.0. The van der Waals surface area contributed by atoms with Gasteiger partial charge in [-0.05, 0) is 25.7 Å². The Balaban J connectivity index is 1.90. The molecule has 1 fully saturated rings. The zero-order chi connectivity index (χ0) is 18.9. The fourth-order valence-electron chi connectivity index (χ4n) is 3.13. The van der Waals surface area contributed by atoms with E-state index >= 15 is 0 Å². The van der Waals surface area contributed by atoms with Crippen LogP contribution in [0.5, 0.6) is 0 Å². The van der Waals surface area contributed by atoms with Crippen molar-refractivity contribution >= 4 is 5.96 Å². The molecule has 1 aliphatic heterocycles. The van der Waals surface area contributed by atoms with E-state index in [1.54, 1.807) is 7.11 Å². The number of nitrogens with zero attached hydrogens (tertiary/aromatic N) is 5. The summed E-state index contributed by atoms with van der Waals surface area (Å²) < 4.78 is 7.11. The van der Waals surface area contributed by atoms with Gasteiger partial charge in [-0.25, -0.2) is 4.99 Å². The van der Waals surface area contributed by atoms with Crippen molar-refractivity contribution in [1.82, 2.24) is 30.3 Å². The van der Waals surface area contributed by atoms with Crippen LogP contribution in [0.1, 0.15) is 38.3 Å². The monoisotopic (exact) mass is 365 g/mol.